The number of hydrogen-bond acceptors (Lipinski definition) is 4. The van der Waals surface area contributed by atoms with Crippen LogP contribution in [0.3, 0.4) is 0 Å². The van der Waals surface area contributed by atoms with E-state index in [2.05, 4.69) is 21.2 Å². The molecule has 1 unspecified atom stereocenters. The fourth-order valence-electron chi connectivity index (χ4n) is 3.69. The SMILES string of the molecule is CC(C)CNC(=O)C(C)N(Cc1ccccc1)C(=O)CN(c1cccc(Br)c1)S(=O)(=O)c1ccccc1. The number of halogens is 1. The molecule has 3 rings (SSSR count). The van der Waals surface area contributed by atoms with Crippen molar-refractivity contribution in [3.8, 4) is 0 Å². The van der Waals surface area contributed by atoms with Crippen LogP contribution >= 0.6 is 15.9 Å². The fraction of sp³-hybridized carbons (Fsp3) is 0.286. The number of nitrogens with zero attached hydrogens (tertiary/aromatic N) is 2. The number of hydrogen-bond donors (Lipinski definition) is 1. The molecule has 0 aliphatic heterocycles. The number of nitrogens with one attached hydrogen (secondary N) is 1. The fourth-order valence-corrected chi connectivity index (χ4v) is 5.51. The minimum atomic E-state index is -4.08. The number of anilines is 1. The zero-order valence-corrected chi connectivity index (χ0v) is 23.6. The van der Waals surface area contributed by atoms with Gasteiger partial charge in [-0.25, -0.2) is 8.42 Å². The molecule has 0 aliphatic rings. The molecule has 0 saturated heterocycles. The molecule has 196 valence electrons. The van der Waals surface area contributed by atoms with E-state index in [0.29, 0.717) is 16.7 Å². The Morgan fingerprint density at radius 3 is 2.11 bits per heavy atom. The van der Waals surface area contributed by atoms with Gasteiger partial charge in [0.15, 0.2) is 0 Å². The van der Waals surface area contributed by atoms with Crippen molar-refractivity contribution < 1.29 is 18.0 Å². The Hall–Kier alpha value is -3.17. The lowest BCUT2D eigenvalue weighted by molar-refractivity contribution is -0.139. The first-order chi connectivity index (χ1) is 17.6. The second kappa shape index (κ2) is 12.9. The van der Waals surface area contributed by atoms with Crippen LogP contribution in [-0.2, 0) is 26.2 Å². The summed E-state index contributed by atoms with van der Waals surface area (Å²) >= 11 is 3.39. The third-order valence-electron chi connectivity index (χ3n) is 5.75. The highest BCUT2D eigenvalue weighted by Crippen LogP contribution is 2.27. The number of amides is 2. The van der Waals surface area contributed by atoms with Gasteiger partial charge >= 0.3 is 0 Å². The van der Waals surface area contributed by atoms with Crippen LogP contribution in [0.2, 0.25) is 0 Å². The lowest BCUT2D eigenvalue weighted by atomic mass is 10.1. The van der Waals surface area contributed by atoms with Gasteiger partial charge in [-0.2, -0.15) is 0 Å². The topological polar surface area (TPSA) is 86.8 Å². The Bertz CT molecular complexity index is 1300. The molecule has 3 aromatic carbocycles. The second-order valence-corrected chi connectivity index (χ2v) is 11.9. The minimum absolute atomic E-state index is 0.0695. The molecule has 0 aromatic heterocycles. The monoisotopic (exact) mass is 585 g/mol. The van der Waals surface area contributed by atoms with Gasteiger partial charge in [0.05, 0.1) is 10.6 Å². The minimum Gasteiger partial charge on any atom is -0.354 e. The van der Waals surface area contributed by atoms with Crippen LogP contribution in [0.15, 0.2) is 94.3 Å². The Balaban J connectivity index is 1.98. The molecule has 1 N–H and O–H groups in total. The highest BCUT2D eigenvalue weighted by molar-refractivity contribution is 9.10. The van der Waals surface area contributed by atoms with Crippen molar-refractivity contribution in [3.63, 3.8) is 0 Å². The van der Waals surface area contributed by atoms with Gasteiger partial charge in [0.1, 0.15) is 12.6 Å². The van der Waals surface area contributed by atoms with Crippen molar-refractivity contribution in [2.45, 2.75) is 38.3 Å². The summed E-state index contributed by atoms with van der Waals surface area (Å²) in [5.41, 5.74) is 1.17. The maximum atomic E-state index is 13.8. The van der Waals surface area contributed by atoms with E-state index in [1.807, 2.05) is 44.2 Å². The molecular formula is C28H32BrN3O4S. The number of carbonyl (C=O) groups is 2. The van der Waals surface area contributed by atoms with Crippen LogP contribution < -0.4 is 9.62 Å². The molecule has 0 saturated carbocycles. The van der Waals surface area contributed by atoms with E-state index in [-0.39, 0.29) is 23.3 Å². The molecule has 7 nitrogen and oxygen atoms in total. The molecule has 0 fully saturated rings. The van der Waals surface area contributed by atoms with Crippen molar-refractivity contribution >= 4 is 43.5 Å². The Morgan fingerprint density at radius 2 is 1.51 bits per heavy atom. The van der Waals surface area contributed by atoms with Crippen molar-refractivity contribution in [2.24, 2.45) is 5.92 Å². The van der Waals surface area contributed by atoms with Gasteiger partial charge in [0.25, 0.3) is 10.0 Å². The maximum absolute atomic E-state index is 13.8. The first-order valence-corrected chi connectivity index (χ1v) is 14.3. The van der Waals surface area contributed by atoms with Gasteiger partial charge in [-0.1, -0.05) is 84.4 Å². The van der Waals surface area contributed by atoms with Crippen LogP contribution in [0.5, 0.6) is 0 Å². The third kappa shape index (κ3) is 7.66. The van der Waals surface area contributed by atoms with Gasteiger partial charge < -0.3 is 10.2 Å². The molecule has 0 aliphatic carbocycles. The van der Waals surface area contributed by atoms with E-state index in [9.17, 15) is 18.0 Å². The van der Waals surface area contributed by atoms with E-state index in [1.54, 1.807) is 49.4 Å². The van der Waals surface area contributed by atoms with Crippen molar-refractivity contribution in [1.82, 2.24) is 10.2 Å². The summed E-state index contributed by atoms with van der Waals surface area (Å²) in [6.45, 7) is 5.80. The van der Waals surface area contributed by atoms with Gasteiger partial charge in [-0.15, -0.1) is 0 Å². The average Bonchev–Trinajstić information content (AvgIpc) is 2.89. The molecule has 37 heavy (non-hydrogen) atoms. The maximum Gasteiger partial charge on any atom is 0.264 e. The lowest BCUT2D eigenvalue weighted by Crippen LogP contribution is -2.51. The molecule has 0 heterocycles. The number of sulfonamides is 1. The van der Waals surface area contributed by atoms with Crippen LogP contribution in [0.25, 0.3) is 0 Å². The quantitative estimate of drug-likeness (QED) is 0.349. The number of carbonyl (C=O) groups excluding carboxylic acids is 2. The molecule has 1 atom stereocenters. The molecule has 0 spiro atoms. The first kappa shape index (κ1) is 28.4. The smallest absolute Gasteiger partial charge is 0.264 e. The van der Waals surface area contributed by atoms with Gasteiger partial charge in [0.2, 0.25) is 11.8 Å². The Kier molecular flexibility index (Phi) is 9.88. The van der Waals surface area contributed by atoms with Crippen LogP contribution in [0.1, 0.15) is 26.3 Å². The summed E-state index contributed by atoms with van der Waals surface area (Å²) in [5.74, 6) is -0.536. The summed E-state index contributed by atoms with van der Waals surface area (Å²) in [5, 5.41) is 2.88. The van der Waals surface area contributed by atoms with Crippen molar-refractivity contribution in [1.29, 1.82) is 0 Å². The standard InChI is InChI=1S/C28H32BrN3O4S/c1-21(2)18-30-28(34)22(3)31(19-23-11-6-4-7-12-23)27(33)20-32(25-14-10-13-24(29)17-25)37(35,36)26-15-8-5-9-16-26/h4-17,21-22H,18-20H2,1-3H3,(H,30,34). The Morgan fingerprint density at radius 1 is 0.892 bits per heavy atom. The molecule has 3 aromatic rings. The van der Waals surface area contributed by atoms with Crippen LogP contribution in [0, 0.1) is 5.92 Å². The van der Waals surface area contributed by atoms with E-state index in [0.717, 1.165) is 9.87 Å². The molecule has 9 heteroatoms. The molecule has 0 radical (unpaired) electrons. The van der Waals surface area contributed by atoms with Gasteiger partial charge in [0, 0.05) is 17.6 Å². The zero-order valence-electron chi connectivity index (χ0n) is 21.2. The van der Waals surface area contributed by atoms with Gasteiger partial charge in [-0.3, -0.25) is 13.9 Å². The predicted octanol–water partition coefficient (Wildman–Crippen LogP) is 4.83. The predicted molar refractivity (Wildman–Crippen MR) is 149 cm³/mol. The average molecular weight is 587 g/mol. The first-order valence-electron chi connectivity index (χ1n) is 12.0. The van der Waals surface area contributed by atoms with E-state index >= 15 is 0 Å². The lowest BCUT2D eigenvalue weighted by Gasteiger charge is -2.32. The number of benzene rings is 3. The third-order valence-corrected chi connectivity index (χ3v) is 8.04. The highest BCUT2D eigenvalue weighted by Gasteiger charge is 2.32. The van der Waals surface area contributed by atoms with Gasteiger partial charge in [-0.05, 0) is 48.7 Å². The number of rotatable bonds is 11. The summed E-state index contributed by atoms with van der Waals surface area (Å²) in [6.07, 6.45) is 0. The van der Waals surface area contributed by atoms with Crippen molar-refractivity contribution in [2.75, 3.05) is 17.4 Å². The zero-order chi connectivity index (χ0) is 27.0. The normalized spacial score (nSPS) is 12.1. The highest BCUT2D eigenvalue weighted by atomic mass is 79.9. The Labute approximate surface area is 227 Å². The largest absolute Gasteiger partial charge is 0.354 e. The molecular weight excluding hydrogens is 554 g/mol. The van der Waals surface area contributed by atoms with E-state index in [4.69, 9.17) is 0 Å². The summed E-state index contributed by atoms with van der Waals surface area (Å²) < 4.78 is 29.2. The van der Waals surface area contributed by atoms with Crippen LogP contribution in [0.4, 0.5) is 5.69 Å². The van der Waals surface area contributed by atoms with E-state index < -0.39 is 28.5 Å². The summed E-state index contributed by atoms with van der Waals surface area (Å²) in [7, 11) is -4.08. The molecule has 0 bridgehead atoms. The van der Waals surface area contributed by atoms with E-state index in [1.165, 1.54) is 17.0 Å². The van der Waals surface area contributed by atoms with Crippen LogP contribution in [-0.4, -0.2) is 44.3 Å². The van der Waals surface area contributed by atoms with Crippen molar-refractivity contribution in [3.05, 3.63) is 95.0 Å². The second-order valence-electron chi connectivity index (χ2n) is 9.13. The summed E-state index contributed by atoms with van der Waals surface area (Å²) in [6, 6.07) is 23.3. The molecule has 2 amide bonds. The summed E-state index contributed by atoms with van der Waals surface area (Å²) in [4.78, 5) is 28.3.